The second-order valence-corrected chi connectivity index (χ2v) is 9.01. The maximum atomic E-state index is 9.34. The van der Waals surface area contributed by atoms with E-state index < -0.39 is 0 Å². The molecular weight excluding hydrogens is 537 g/mol. The van der Waals surface area contributed by atoms with Gasteiger partial charge in [-0.25, -0.2) is 4.99 Å². The number of aromatic nitrogens is 1. The SMILES string of the molecule is CCNC(=NCc1ccc(N2CCC(CO)CC2)cc1)NCCc1c[nH]c2cc(C)ccc12.I. The number of fused-ring (bicyclic) bond motifs is 1. The quantitative estimate of drug-likeness (QED) is 0.180. The van der Waals surface area contributed by atoms with E-state index in [9.17, 15) is 5.11 Å². The van der Waals surface area contributed by atoms with Crippen LogP contribution in [0.2, 0.25) is 0 Å². The number of nitrogens with one attached hydrogen (secondary N) is 3. The second kappa shape index (κ2) is 13.0. The van der Waals surface area contributed by atoms with Crippen LogP contribution in [0.15, 0.2) is 53.7 Å². The van der Waals surface area contributed by atoms with Crippen LogP contribution in [0.4, 0.5) is 5.69 Å². The molecular formula is C27H38IN5O. The molecule has 2 heterocycles. The summed E-state index contributed by atoms with van der Waals surface area (Å²) in [5.41, 5.74) is 6.26. The predicted octanol–water partition coefficient (Wildman–Crippen LogP) is 4.60. The van der Waals surface area contributed by atoms with E-state index in [1.165, 1.54) is 33.3 Å². The maximum Gasteiger partial charge on any atom is 0.191 e. The van der Waals surface area contributed by atoms with Crippen molar-refractivity contribution in [1.29, 1.82) is 0 Å². The predicted molar refractivity (Wildman–Crippen MR) is 153 cm³/mol. The first kappa shape index (κ1) is 26.3. The third-order valence-electron chi connectivity index (χ3n) is 6.55. The fourth-order valence-electron chi connectivity index (χ4n) is 4.52. The number of aryl methyl sites for hydroxylation is 1. The molecule has 0 aliphatic carbocycles. The van der Waals surface area contributed by atoms with Gasteiger partial charge in [0.15, 0.2) is 5.96 Å². The van der Waals surface area contributed by atoms with Gasteiger partial charge in [-0.3, -0.25) is 0 Å². The summed E-state index contributed by atoms with van der Waals surface area (Å²) in [5.74, 6) is 1.32. The molecule has 6 nitrogen and oxygen atoms in total. The number of aliphatic imine (C=N–C) groups is 1. The molecule has 1 aliphatic rings. The van der Waals surface area contributed by atoms with Crippen LogP contribution in [-0.2, 0) is 13.0 Å². The topological polar surface area (TPSA) is 75.7 Å². The zero-order chi connectivity index (χ0) is 23.0. The maximum absolute atomic E-state index is 9.34. The van der Waals surface area contributed by atoms with Crippen molar-refractivity contribution in [2.75, 3.05) is 37.7 Å². The standard InChI is InChI=1S/C27H37N5O.HI/c1-3-28-27(29-13-10-23-18-30-26-16-20(2)4-9-25(23)26)31-17-21-5-7-24(8-6-21)32-14-11-22(19-33)12-15-32;/h4-9,16,18,22,30,33H,3,10-15,17,19H2,1-2H3,(H2,28,29,31);1H. The fourth-order valence-corrected chi connectivity index (χ4v) is 4.52. The van der Waals surface area contributed by atoms with E-state index in [1.54, 1.807) is 0 Å². The van der Waals surface area contributed by atoms with Gasteiger partial charge in [0.1, 0.15) is 0 Å². The molecule has 2 aromatic carbocycles. The highest BCUT2D eigenvalue weighted by Gasteiger charge is 2.18. The molecule has 3 aromatic rings. The Balaban J connectivity index is 0.00000324. The van der Waals surface area contributed by atoms with Crippen molar-refractivity contribution >= 4 is 46.5 Å². The van der Waals surface area contributed by atoms with Gasteiger partial charge in [-0.05, 0) is 73.9 Å². The summed E-state index contributed by atoms with van der Waals surface area (Å²) in [7, 11) is 0. The van der Waals surface area contributed by atoms with Crippen molar-refractivity contribution in [3.05, 3.63) is 65.4 Å². The Labute approximate surface area is 220 Å². The Morgan fingerprint density at radius 3 is 2.59 bits per heavy atom. The zero-order valence-electron chi connectivity index (χ0n) is 20.3. The molecule has 4 rings (SSSR count). The van der Waals surface area contributed by atoms with Crippen LogP contribution in [-0.4, -0.2) is 48.8 Å². The van der Waals surface area contributed by atoms with Crippen LogP contribution in [0.25, 0.3) is 10.9 Å². The van der Waals surface area contributed by atoms with Crippen molar-refractivity contribution in [3.63, 3.8) is 0 Å². The number of guanidine groups is 1. The van der Waals surface area contributed by atoms with Gasteiger partial charge in [0.05, 0.1) is 6.54 Å². The number of anilines is 1. The molecule has 0 radical (unpaired) electrons. The Morgan fingerprint density at radius 2 is 1.88 bits per heavy atom. The second-order valence-electron chi connectivity index (χ2n) is 9.01. The zero-order valence-corrected chi connectivity index (χ0v) is 22.6. The van der Waals surface area contributed by atoms with Crippen molar-refractivity contribution in [3.8, 4) is 0 Å². The van der Waals surface area contributed by atoms with E-state index in [0.717, 1.165) is 51.4 Å². The number of hydrogen-bond acceptors (Lipinski definition) is 3. The highest BCUT2D eigenvalue weighted by molar-refractivity contribution is 14.0. The average Bonchev–Trinajstić information content (AvgIpc) is 3.25. The summed E-state index contributed by atoms with van der Waals surface area (Å²) in [6.07, 6.45) is 5.19. The molecule has 184 valence electrons. The minimum Gasteiger partial charge on any atom is -0.396 e. The van der Waals surface area contributed by atoms with Gasteiger partial charge in [0.25, 0.3) is 0 Å². The molecule has 0 unspecified atom stereocenters. The van der Waals surface area contributed by atoms with Gasteiger partial charge >= 0.3 is 0 Å². The van der Waals surface area contributed by atoms with Gasteiger partial charge in [0, 0.05) is 55.6 Å². The molecule has 0 saturated carbocycles. The highest BCUT2D eigenvalue weighted by atomic mass is 127. The molecule has 1 fully saturated rings. The Morgan fingerprint density at radius 1 is 1.12 bits per heavy atom. The number of benzene rings is 2. The molecule has 34 heavy (non-hydrogen) atoms. The number of rotatable bonds is 8. The fraction of sp³-hybridized carbons (Fsp3) is 0.444. The number of aliphatic hydroxyl groups excluding tert-OH is 1. The number of hydrogen-bond donors (Lipinski definition) is 4. The van der Waals surface area contributed by atoms with Gasteiger partial charge in [-0.2, -0.15) is 0 Å². The highest BCUT2D eigenvalue weighted by Crippen LogP contribution is 2.23. The lowest BCUT2D eigenvalue weighted by atomic mass is 9.97. The third-order valence-corrected chi connectivity index (χ3v) is 6.55. The van der Waals surface area contributed by atoms with Crippen LogP contribution in [0.3, 0.4) is 0 Å². The molecule has 0 bridgehead atoms. The number of halogens is 1. The normalized spacial score (nSPS) is 14.8. The molecule has 1 saturated heterocycles. The van der Waals surface area contributed by atoms with Crippen LogP contribution < -0.4 is 15.5 Å². The minimum absolute atomic E-state index is 0. The number of nitrogens with zero attached hydrogens (tertiary/aromatic N) is 2. The molecule has 0 atom stereocenters. The smallest absolute Gasteiger partial charge is 0.191 e. The van der Waals surface area contributed by atoms with Crippen LogP contribution in [0.1, 0.15) is 36.5 Å². The van der Waals surface area contributed by atoms with Crippen LogP contribution in [0, 0.1) is 12.8 Å². The number of H-pyrrole nitrogens is 1. The largest absolute Gasteiger partial charge is 0.396 e. The third kappa shape index (κ3) is 6.88. The minimum atomic E-state index is 0. The van der Waals surface area contributed by atoms with Crippen molar-refractivity contribution in [1.82, 2.24) is 15.6 Å². The average molecular weight is 576 g/mol. The summed E-state index contributed by atoms with van der Waals surface area (Å²) < 4.78 is 0. The summed E-state index contributed by atoms with van der Waals surface area (Å²) in [5, 5.41) is 17.5. The number of aromatic amines is 1. The van der Waals surface area contributed by atoms with Crippen LogP contribution in [0.5, 0.6) is 0 Å². The number of aliphatic hydroxyl groups is 1. The molecule has 0 amide bonds. The Kier molecular flexibility index (Phi) is 10.1. The Hall–Kier alpha value is -2.26. The van der Waals surface area contributed by atoms with E-state index in [1.807, 2.05) is 0 Å². The van der Waals surface area contributed by atoms with Crippen molar-refractivity contribution < 1.29 is 5.11 Å². The van der Waals surface area contributed by atoms with Gasteiger partial charge in [0.2, 0.25) is 0 Å². The first-order valence-electron chi connectivity index (χ1n) is 12.2. The molecule has 0 spiro atoms. The summed E-state index contributed by atoms with van der Waals surface area (Å²) in [6.45, 7) is 8.88. The van der Waals surface area contributed by atoms with E-state index >= 15 is 0 Å². The summed E-state index contributed by atoms with van der Waals surface area (Å²) in [6, 6.07) is 15.3. The van der Waals surface area contributed by atoms with Gasteiger partial charge in [-0.1, -0.05) is 24.3 Å². The molecule has 1 aromatic heterocycles. The lowest BCUT2D eigenvalue weighted by Crippen LogP contribution is -2.38. The van der Waals surface area contributed by atoms with Gasteiger partial charge < -0.3 is 25.6 Å². The van der Waals surface area contributed by atoms with E-state index in [2.05, 4.69) is 83.0 Å². The van der Waals surface area contributed by atoms with E-state index in [0.29, 0.717) is 19.1 Å². The lowest BCUT2D eigenvalue weighted by Gasteiger charge is -2.32. The summed E-state index contributed by atoms with van der Waals surface area (Å²) >= 11 is 0. The first-order chi connectivity index (χ1) is 16.2. The van der Waals surface area contributed by atoms with Crippen LogP contribution >= 0.6 is 24.0 Å². The van der Waals surface area contributed by atoms with Gasteiger partial charge in [-0.15, -0.1) is 24.0 Å². The van der Waals surface area contributed by atoms with E-state index in [-0.39, 0.29) is 24.0 Å². The number of piperidine rings is 1. The lowest BCUT2D eigenvalue weighted by molar-refractivity contribution is 0.203. The molecule has 7 heteroatoms. The first-order valence-corrected chi connectivity index (χ1v) is 12.2. The molecule has 4 N–H and O–H groups in total. The van der Waals surface area contributed by atoms with E-state index in [4.69, 9.17) is 4.99 Å². The molecule has 1 aliphatic heterocycles. The summed E-state index contributed by atoms with van der Waals surface area (Å²) in [4.78, 5) is 10.6. The monoisotopic (exact) mass is 575 g/mol. The van der Waals surface area contributed by atoms with Crippen molar-refractivity contribution in [2.45, 2.75) is 39.7 Å². The van der Waals surface area contributed by atoms with Crippen molar-refractivity contribution in [2.24, 2.45) is 10.9 Å². The Bertz CT molecular complexity index is 1050.